The molecule has 0 aliphatic carbocycles. The second-order valence-corrected chi connectivity index (χ2v) is 8.50. The monoisotopic (exact) mass is 568 g/mol. The van der Waals surface area contributed by atoms with Crippen molar-refractivity contribution in [1.29, 1.82) is 0 Å². The van der Waals surface area contributed by atoms with Gasteiger partial charge in [-0.1, -0.05) is 6.07 Å². The fraction of sp³-hybridized carbons (Fsp3) is 0.130. The summed E-state index contributed by atoms with van der Waals surface area (Å²) < 4.78 is 55.7. The van der Waals surface area contributed by atoms with E-state index < -0.39 is 29.3 Å². The van der Waals surface area contributed by atoms with Crippen LogP contribution in [0.25, 0.3) is 10.9 Å². The SMILES string of the molecule is Cc1ccc2c(ccn2Cc2ccnc(I)c2)c1NC(=O)Nc1cc(C(F)(F)F)ccc1F. The summed E-state index contributed by atoms with van der Waals surface area (Å²) in [4.78, 5) is 16.7. The first-order valence-corrected chi connectivity index (χ1v) is 10.8. The Balaban J connectivity index is 1.59. The molecule has 2 aromatic carbocycles. The number of carbonyl (C=O) groups is 1. The Morgan fingerprint density at radius 2 is 1.88 bits per heavy atom. The number of anilines is 2. The first kappa shape index (κ1) is 23.0. The molecule has 10 heteroatoms. The van der Waals surface area contributed by atoms with Gasteiger partial charge < -0.3 is 15.2 Å². The van der Waals surface area contributed by atoms with Gasteiger partial charge in [-0.15, -0.1) is 0 Å². The van der Waals surface area contributed by atoms with E-state index in [1.165, 1.54) is 0 Å². The van der Waals surface area contributed by atoms with Crippen LogP contribution in [0.5, 0.6) is 0 Å². The molecule has 0 unspecified atom stereocenters. The maximum Gasteiger partial charge on any atom is 0.416 e. The van der Waals surface area contributed by atoms with Crippen molar-refractivity contribution in [2.24, 2.45) is 0 Å². The molecule has 0 aliphatic rings. The number of alkyl halides is 3. The van der Waals surface area contributed by atoms with Gasteiger partial charge in [0.05, 0.1) is 22.5 Å². The Morgan fingerprint density at radius 3 is 2.61 bits per heavy atom. The van der Waals surface area contributed by atoms with Crippen molar-refractivity contribution in [3.8, 4) is 0 Å². The Bertz CT molecular complexity index is 1350. The standard InChI is InChI=1S/C23H17F4IN4O/c1-13-2-5-19-16(7-9-32(19)12-14-6-8-29-20(28)10-14)21(13)31-22(33)30-18-11-15(23(25,26)27)3-4-17(18)24/h2-11H,12H2,1H3,(H2,30,31,33). The molecule has 4 rings (SSSR count). The molecule has 0 aliphatic heterocycles. The van der Waals surface area contributed by atoms with Crippen LogP contribution in [-0.2, 0) is 12.7 Å². The van der Waals surface area contributed by atoms with Gasteiger partial charge in [-0.3, -0.25) is 4.98 Å². The van der Waals surface area contributed by atoms with Crippen molar-refractivity contribution >= 4 is 50.9 Å². The summed E-state index contributed by atoms with van der Waals surface area (Å²) in [5.41, 5.74) is 1.53. The van der Waals surface area contributed by atoms with Gasteiger partial charge in [0.2, 0.25) is 0 Å². The number of fused-ring (bicyclic) bond motifs is 1. The van der Waals surface area contributed by atoms with Crippen LogP contribution in [0.3, 0.4) is 0 Å². The van der Waals surface area contributed by atoms with E-state index in [1.54, 1.807) is 13.1 Å². The van der Waals surface area contributed by atoms with Crippen LogP contribution in [0.4, 0.5) is 33.7 Å². The summed E-state index contributed by atoms with van der Waals surface area (Å²) in [5.74, 6) is -0.966. The zero-order valence-electron chi connectivity index (χ0n) is 17.2. The second kappa shape index (κ2) is 9.00. The predicted molar refractivity (Wildman–Crippen MR) is 127 cm³/mol. The third-order valence-corrected chi connectivity index (χ3v) is 5.68. The summed E-state index contributed by atoms with van der Waals surface area (Å²) in [6, 6.07) is 10.5. The van der Waals surface area contributed by atoms with Crippen LogP contribution in [-0.4, -0.2) is 15.6 Å². The fourth-order valence-electron chi connectivity index (χ4n) is 3.49. The molecule has 5 nitrogen and oxygen atoms in total. The molecular weight excluding hydrogens is 551 g/mol. The quantitative estimate of drug-likeness (QED) is 0.162. The lowest BCUT2D eigenvalue weighted by atomic mass is 10.1. The van der Waals surface area contributed by atoms with Crippen LogP contribution in [0.2, 0.25) is 0 Å². The van der Waals surface area contributed by atoms with Crippen LogP contribution in [0, 0.1) is 16.4 Å². The van der Waals surface area contributed by atoms with E-state index in [0.717, 1.165) is 25.7 Å². The van der Waals surface area contributed by atoms with Crippen LogP contribution in [0.15, 0.2) is 60.9 Å². The molecule has 4 aromatic rings. The first-order chi connectivity index (χ1) is 15.6. The predicted octanol–water partition coefficient (Wildman–Crippen LogP) is 6.80. The molecular formula is C23H17F4IN4O. The maximum atomic E-state index is 14.0. The Labute approximate surface area is 200 Å². The zero-order chi connectivity index (χ0) is 23.8. The number of pyridine rings is 1. The van der Waals surface area contributed by atoms with E-state index in [1.807, 2.05) is 41.1 Å². The van der Waals surface area contributed by atoms with Gasteiger partial charge in [0.15, 0.2) is 0 Å². The van der Waals surface area contributed by atoms with Gasteiger partial charge >= 0.3 is 12.2 Å². The zero-order valence-corrected chi connectivity index (χ0v) is 19.3. The Morgan fingerprint density at radius 1 is 1.09 bits per heavy atom. The minimum atomic E-state index is -4.65. The first-order valence-electron chi connectivity index (χ1n) is 9.75. The molecule has 170 valence electrons. The lowest BCUT2D eigenvalue weighted by Crippen LogP contribution is -2.21. The van der Waals surface area contributed by atoms with Crippen molar-refractivity contribution in [2.75, 3.05) is 10.6 Å². The molecule has 0 fully saturated rings. The van der Waals surface area contributed by atoms with E-state index in [0.29, 0.717) is 30.4 Å². The van der Waals surface area contributed by atoms with Crippen molar-refractivity contribution in [1.82, 2.24) is 9.55 Å². The molecule has 33 heavy (non-hydrogen) atoms. The van der Waals surface area contributed by atoms with E-state index >= 15 is 0 Å². The van der Waals surface area contributed by atoms with Gasteiger partial charge in [0.25, 0.3) is 0 Å². The third kappa shape index (κ3) is 5.10. The van der Waals surface area contributed by atoms with Gasteiger partial charge in [0.1, 0.15) is 9.52 Å². The highest BCUT2D eigenvalue weighted by Gasteiger charge is 2.31. The molecule has 0 saturated carbocycles. The molecule has 0 bridgehead atoms. The average Bonchev–Trinajstić information content (AvgIpc) is 3.14. The van der Waals surface area contributed by atoms with E-state index in [9.17, 15) is 22.4 Å². The highest BCUT2D eigenvalue weighted by atomic mass is 127. The largest absolute Gasteiger partial charge is 0.416 e. The molecule has 2 amide bonds. The highest BCUT2D eigenvalue weighted by molar-refractivity contribution is 14.1. The fourth-order valence-corrected chi connectivity index (χ4v) is 4.05. The second-order valence-electron chi connectivity index (χ2n) is 7.39. The number of aryl methyl sites for hydroxylation is 1. The summed E-state index contributed by atoms with van der Waals surface area (Å²) in [6.07, 6.45) is -1.04. The molecule has 2 heterocycles. The van der Waals surface area contributed by atoms with Crippen molar-refractivity contribution in [3.05, 3.63) is 87.1 Å². The number of rotatable bonds is 4. The number of nitrogens with one attached hydrogen (secondary N) is 2. The summed E-state index contributed by atoms with van der Waals surface area (Å²) in [6.45, 7) is 2.38. The summed E-state index contributed by atoms with van der Waals surface area (Å²) >= 11 is 2.14. The smallest absolute Gasteiger partial charge is 0.343 e. The van der Waals surface area contributed by atoms with Crippen LogP contribution in [0.1, 0.15) is 16.7 Å². The van der Waals surface area contributed by atoms with Crippen LogP contribution >= 0.6 is 22.6 Å². The Kier molecular flexibility index (Phi) is 6.28. The number of benzene rings is 2. The molecule has 0 spiro atoms. The summed E-state index contributed by atoms with van der Waals surface area (Å²) in [5, 5.41) is 5.58. The molecule has 2 aromatic heterocycles. The Hall–Kier alpha value is -3.15. The van der Waals surface area contributed by atoms with E-state index in [2.05, 4.69) is 38.2 Å². The van der Waals surface area contributed by atoms with Gasteiger partial charge in [0, 0.05) is 24.3 Å². The lowest BCUT2D eigenvalue weighted by Gasteiger charge is -2.14. The summed E-state index contributed by atoms with van der Waals surface area (Å²) in [7, 11) is 0. The van der Waals surface area contributed by atoms with Gasteiger partial charge in [-0.2, -0.15) is 13.2 Å². The van der Waals surface area contributed by atoms with Crippen molar-refractivity contribution in [2.45, 2.75) is 19.6 Å². The van der Waals surface area contributed by atoms with Crippen molar-refractivity contribution < 1.29 is 22.4 Å². The van der Waals surface area contributed by atoms with E-state index in [4.69, 9.17) is 0 Å². The molecule has 2 N–H and O–H groups in total. The number of aromatic nitrogens is 2. The molecule has 0 atom stereocenters. The molecule has 0 saturated heterocycles. The number of nitrogens with zero attached hydrogens (tertiary/aromatic N) is 2. The minimum absolute atomic E-state index is 0.487. The number of carbonyl (C=O) groups excluding carboxylic acids is 1. The number of hydrogen-bond acceptors (Lipinski definition) is 2. The molecule has 0 radical (unpaired) electrons. The number of hydrogen-bond donors (Lipinski definition) is 2. The number of halogens is 5. The lowest BCUT2D eigenvalue weighted by molar-refractivity contribution is -0.137. The minimum Gasteiger partial charge on any atom is -0.343 e. The topological polar surface area (TPSA) is 59.0 Å². The van der Waals surface area contributed by atoms with Crippen LogP contribution < -0.4 is 10.6 Å². The highest BCUT2D eigenvalue weighted by Crippen LogP contribution is 2.32. The normalized spacial score (nSPS) is 11.6. The van der Waals surface area contributed by atoms with Crippen molar-refractivity contribution in [3.63, 3.8) is 0 Å². The number of urea groups is 1. The average molecular weight is 568 g/mol. The third-order valence-electron chi connectivity index (χ3n) is 5.09. The van der Waals surface area contributed by atoms with Gasteiger partial charge in [-0.25, -0.2) is 9.18 Å². The number of amides is 2. The maximum absolute atomic E-state index is 14.0. The van der Waals surface area contributed by atoms with Gasteiger partial charge in [-0.05, 0) is 83.1 Å². The van der Waals surface area contributed by atoms with E-state index in [-0.39, 0.29) is 0 Å².